The van der Waals surface area contributed by atoms with Crippen LogP contribution in [0.2, 0.25) is 0 Å². The van der Waals surface area contributed by atoms with Crippen molar-refractivity contribution in [3.8, 4) is 11.3 Å². The van der Waals surface area contributed by atoms with Gasteiger partial charge in [0.05, 0.1) is 23.7 Å². The van der Waals surface area contributed by atoms with Gasteiger partial charge in [-0.05, 0) is 31.2 Å². The van der Waals surface area contributed by atoms with Crippen LogP contribution < -0.4 is 5.73 Å². The second-order valence-corrected chi connectivity index (χ2v) is 7.40. The maximum atomic E-state index is 11.5. The Bertz CT molecular complexity index is 1030. The van der Waals surface area contributed by atoms with E-state index in [-0.39, 0.29) is 6.10 Å². The van der Waals surface area contributed by atoms with Crippen molar-refractivity contribution in [2.24, 2.45) is 12.8 Å². The Kier molecular flexibility index (Phi) is 5.42. The number of benzene rings is 1. The van der Waals surface area contributed by atoms with Gasteiger partial charge in [-0.25, -0.2) is 0 Å². The molecule has 0 radical (unpaired) electrons. The summed E-state index contributed by atoms with van der Waals surface area (Å²) >= 11 is 0. The molecule has 29 heavy (non-hydrogen) atoms. The highest BCUT2D eigenvalue weighted by Gasteiger charge is 2.24. The molecule has 3 aromatic rings. The summed E-state index contributed by atoms with van der Waals surface area (Å²) in [5.74, 6) is -0.444. The lowest BCUT2D eigenvalue weighted by Gasteiger charge is -2.32. The summed E-state index contributed by atoms with van der Waals surface area (Å²) in [5, 5.41) is 4.43. The van der Waals surface area contributed by atoms with E-state index in [2.05, 4.69) is 16.2 Å². The summed E-state index contributed by atoms with van der Waals surface area (Å²) in [4.78, 5) is 18.7. The number of nitrogens with zero attached hydrogens (tertiary/aromatic N) is 4. The summed E-state index contributed by atoms with van der Waals surface area (Å²) in [5.41, 5.74) is 10.7. The molecule has 1 aliphatic heterocycles. The predicted molar refractivity (Wildman–Crippen MR) is 110 cm³/mol. The van der Waals surface area contributed by atoms with Crippen molar-refractivity contribution in [2.75, 3.05) is 19.7 Å². The molecule has 2 aromatic heterocycles. The molecule has 0 spiro atoms. The zero-order chi connectivity index (χ0) is 20.4. The number of carbonyl (C=O) groups excluding carboxylic acids is 1. The van der Waals surface area contributed by atoms with Crippen LogP contribution in [0.15, 0.2) is 48.7 Å². The SMILES string of the molecule is Cc1nn(C)cc1CN1CCO[C@H](c2cccc(-c3cccc(C(N)=O)c3)n2)C1. The molecule has 0 bridgehead atoms. The van der Waals surface area contributed by atoms with Crippen LogP contribution >= 0.6 is 0 Å². The summed E-state index contributed by atoms with van der Waals surface area (Å²) in [6.45, 7) is 5.20. The van der Waals surface area contributed by atoms with Crippen LogP contribution in [0.1, 0.15) is 33.4 Å². The van der Waals surface area contributed by atoms with Crippen molar-refractivity contribution < 1.29 is 9.53 Å². The Labute approximate surface area is 170 Å². The number of ether oxygens (including phenoxy) is 1. The summed E-state index contributed by atoms with van der Waals surface area (Å²) in [7, 11) is 1.95. The molecule has 1 aromatic carbocycles. The van der Waals surface area contributed by atoms with Gasteiger partial charge in [-0.1, -0.05) is 18.2 Å². The van der Waals surface area contributed by atoms with E-state index in [4.69, 9.17) is 15.5 Å². The van der Waals surface area contributed by atoms with E-state index in [1.54, 1.807) is 12.1 Å². The molecular formula is C22H25N5O2. The van der Waals surface area contributed by atoms with Gasteiger partial charge in [0.2, 0.25) is 5.91 Å². The highest BCUT2D eigenvalue weighted by molar-refractivity contribution is 5.93. The minimum Gasteiger partial charge on any atom is -0.369 e. The van der Waals surface area contributed by atoms with Gasteiger partial charge in [-0.3, -0.25) is 19.4 Å². The van der Waals surface area contributed by atoms with Crippen LogP contribution in [0.5, 0.6) is 0 Å². The lowest BCUT2D eigenvalue weighted by molar-refractivity contribution is -0.0350. The van der Waals surface area contributed by atoms with E-state index in [0.717, 1.165) is 42.3 Å². The standard InChI is InChI=1S/C22H25N5O2/c1-15-18(12-26(2)25-15)13-27-9-10-29-21(14-27)20-8-4-7-19(24-20)16-5-3-6-17(11-16)22(23)28/h3-8,11-12,21H,9-10,13-14H2,1-2H3,(H2,23,28)/t21-/m0/s1. The van der Waals surface area contributed by atoms with Crippen molar-refractivity contribution in [3.63, 3.8) is 0 Å². The van der Waals surface area contributed by atoms with Crippen molar-refractivity contribution in [2.45, 2.75) is 19.6 Å². The zero-order valence-corrected chi connectivity index (χ0v) is 16.7. The number of primary amides is 1. The molecule has 0 aliphatic carbocycles. The van der Waals surface area contributed by atoms with E-state index in [0.29, 0.717) is 12.2 Å². The highest BCUT2D eigenvalue weighted by atomic mass is 16.5. The number of hydrogen-bond acceptors (Lipinski definition) is 5. The normalized spacial score (nSPS) is 17.4. The first kappa shape index (κ1) is 19.3. The first-order valence-corrected chi connectivity index (χ1v) is 9.70. The summed E-state index contributed by atoms with van der Waals surface area (Å²) in [6, 6.07) is 13.1. The number of morpholine rings is 1. The number of rotatable bonds is 5. The smallest absolute Gasteiger partial charge is 0.248 e. The van der Waals surface area contributed by atoms with Crippen molar-refractivity contribution in [1.29, 1.82) is 0 Å². The Morgan fingerprint density at radius 1 is 1.28 bits per heavy atom. The molecule has 2 N–H and O–H groups in total. The molecular weight excluding hydrogens is 366 g/mol. The molecule has 1 saturated heterocycles. The average Bonchev–Trinajstić information content (AvgIpc) is 3.05. The quantitative estimate of drug-likeness (QED) is 0.722. The number of nitrogens with two attached hydrogens (primary N) is 1. The van der Waals surface area contributed by atoms with Gasteiger partial charge in [0.25, 0.3) is 0 Å². The van der Waals surface area contributed by atoms with E-state index in [1.165, 1.54) is 5.56 Å². The summed E-state index contributed by atoms with van der Waals surface area (Å²) in [6.07, 6.45) is 1.98. The third-order valence-corrected chi connectivity index (χ3v) is 5.20. The number of pyridine rings is 1. The molecule has 1 amide bonds. The van der Waals surface area contributed by atoms with Gasteiger partial charge in [0.15, 0.2) is 0 Å². The second-order valence-electron chi connectivity index (χ2n) is 7.40. The van der Waals surface area contributed by atoms with E-state index in [9.17, 15) is 4.79 Å². The summed E-state index contributed by atoms with van der Waals surface area (Å²) < 4.78 is 7.88. The van der Waals surface area contributed by atoms with E-state index >= 15 is 0 Å². The van der Waals surface area contributed by atoms with Gasteiger partial charge < -0.3 is 10.5 Å². The zero-order valence-electron chi connectivity index (χ0n) is 16.7. The van der Waals surface area contributed by atoms with Crippen LogP contribution in [0.3, 0.4) is 0 Å². The molecule has 1 fully saturated rings. The van der Waals surface area contributed by atoms with Gasteiger partial charge in [0, 0.05) is 49.6 Å². The Morgan fingerprint density at radius 2 is 2.10 bits per heavy atom. The van der Waals surface area contributed by atoms with Crippen molar-refractivity contribution in [1.82, 2.24) is 19.7 Å². The van der Waals surface area contributed by atoms with Crippen molar-refractivity contribution in [3.05, 3.63) is 71.2 Å². The minimum atomic E-state index is -0.444. The number of hydrogen-bond donors (Lipinski definition) is 1. The van der Waals surface area contributed by atoms with Crippen LogP contribution in [0, 0.1) is 6.92 Å². The van der Waals surface area contributed by atoms with Crippen LogP contribution in [-0.4, -0.2) is 45.3 Å². The van der Waals surface area contributed by atoms with Crippen LogP contribution in [-0.2, 0) is 18.3 Å². The van der Waals surface area contributed by atoms with Crippen LogP contribution in [0.4, 0.5) is 0 Å². The number of amides is 1. The largest absolute Gasteiger partial charge is 0.369 e. The molecule has 150 valence electrons. The molecule has 1 aliphatic rings. The predicted octanol–water partition coefficient (Wildman–Crippen LogP) is 2.46. The molecule has 0 unspecified atom stereocenters. The van der Waals surface area contributed by atoms with Gasteiger partial charge >= 0.3 is 0 Å². The van der Waals surface area contributed by atoms with Crippen LogP contribution in [0.25, 0.3) is 11.3 Å². The first-order chi connectivity index (χ1) is 14.0. The molecule has 7 nitrogen and oxygen atoms in total. The molecule has 0 saturated carbocycles. The van der Waals surface area contributed by atoms with Crippen molar-refractivity contribution >= 4 is 5.91 Å². The number of aromatic nitrogens is 3. The first-order valence-electron chi connectivity index (χ1n) is 9.70. The lowest BCUT2D eigenvalue weighted by atomic mass is 10.1. The molecule has 7 heteroatoms. The Balaban J connectivity index is 1.52. The average molecular weight is 391 g/mol. The molecule has 1 atom stereocenters. The van der Waals surface area contributed by atoms with Gasteiger partial charge in [0.1, 0.15) is 6.10 Å². The maximum absolute atomic E-state index is 11.5. The highest BCUT2D eigenvalue weighted by Crippen LogP contribution is 2.25. The Morgan fingerprint density at radius 3 is 2.86 bits per heavy atom. The lowest BCUT2D eigenvalue weighted by Crippen LogP contribution is -2.38. The third-order valence-electron chi connectivity index (χ3n) is 5.20. The molecule has 3 heterocycles. The number of aryl methyl sites for hydroxylation is 2. The fourth-order valence-corrected chi connectivity index (χ4v) is 3.69. The fraction of sp³-hybridized carbons (Fsp3) is 0.318. The molecule has 4 rings (SSSR count). The van der Waals surface area contributed by atoms with E-state index in [1.807, 2.05) is 49.0 Å². The fourth-order valence-electron chi connectivity index (χ4n) is 3.69. The number of carbonyl (C=O) groups is 1. The van der Waals surface area contributed by atoms with Gasteiger partial charge in [-0.15, -0.1) is 0 Å². The monoisotopic (exact) mass is 391 g/mol. The topological polar surface area (TPSA) is 86.3 Å². The maximum Gasteiger partial charge on any atom is 0.248 e. The second kappa shape index (κ2) is 8.14. The third kappa shape index (κ3) is 4.36. The van der Waals surface area contributed by atoms with E-state index < -0.39 is 5.91 Å². The Hall–Kier alpha value is -3.03. The van der Waals surface area contributed by atoms with Gasteiger partial charge in [-0.2, -0.15) is 5.10 Å². The minimum absolute atomic E-state index is 0.0972.